The van der Waals surface area contributed by atoms with Crippen molar-refractivity contribution in [3.63, 3.8) is 0 Å². The first-order chi connectivity index (χ1) is 8.18. The molecule has 0 aliphatic carbocycles. The van der Waals surface area contributed by atoms with Gasteiger partial charge in [-0.1, -0.05) is 30.3 Å². The monoisotopic (exact) mass is 251 g/mol. The van der Waals surface area contributed by atoms with Crippen molar-refractivity contribution in [1.29, 1.82) is 0 Å². The maximum Gasteiger partial charge on any atom is 0.244 e. The van der Waals surface area contributed by atoms with Crippen LogP contribution in [-0.2, 0) is 16.0 Å². The Balaban J connectivity index is 1.98. The van der Waals surface area contributed by atoms with Gasteiger partial charge in [0.1, 0.15) is 6.04 Å². The van der Waals surface area contributed by atoms with Gasteiger partial charge in [-0.25, -0.2) is 0 Å². The lowest BCUT2D eigenvalue weighted by Crippen LogP contribution is -2.38. The summed E-state index contributed by atoms with van der Waals surface area (Å²) in [4.78, 5) is 24.4. The van der Waals surface area contributed by atoms with Gasteiger partial charge in [0.2, 0.25) is 11.1 Å². The maximum atomic E-state index is 11.6. The van der Waals surface area contributed by atoms with Crippen molar-refractivity contribution in [3.8, 4) is 0 Å². The number of halogens is 1. The fraction of sp³-hybridized carbons (Fsp3) is 0.385. The lowest BCUT2D eigenvalue weighted by molar-refractivity contribution is -0.131. The normalized spacial score (nSPS) is 19.7. The average Bonchev–Trinajstić information content (AvgIpc) is 2.69. The van der Waals surface area contributed by atoms with Crippen LogP contribution in [0, 0.1) is 0 Å². The first kappa shape index (κ1) is 12.1. The van der Waals surface area contributed by atoms with Gasteiger partial charge in [-0.2, -0.15) is 0 Å². The number of carbonyl (C=O) groups is 2. The van der Waals surface area contributed by atoms with Gasteiger partial charge in [-0.3, -0.25) is 9.59 Å². The van der Waals surface area contributed by atoms with Crippen LogP contribution in [0.5, 0.6) is 0 Å². The van der Waals surface area contributed by atoms with Gasteiger partial charge >= 0.3 is 0 Å². The molecule has 0 radical (unpaired) electrons. The molecule has 1 heterocycles. The van der Waals surface area contributed by atoms with Crippen molar-refractivity contribution in [2.24, 2.45) is 0 Å². The Morgan fingerprint density at radius 1 is 1.35 bits per heavy atom. The summed E-state index contributed by atoms with van der Waals surface area (Å²) in [6.45, 7) is 0.561. The van der Waals surface area contributed by atoms with Crippen molar-refractivity contribution in [2.45, 2.75) is 25.3 Å². The summed E-state index contributed by atoms with van der Waals surface area (Å²) in [6.07, 6.45) is 1.74. The number of rotatable bonds is 4. The van der Waals surface area contributed by atoms with Gasteiger partial charge in [0.15, 0.2) is 0 Å². The second kappa shape index (κ2) is 5.32. The molecule has 2 rings (SSSR count). The number of likely N-dealkylation sites (tertiary alicyclic amines) is 1. The van der Waals surface area contributed by atoms with E-state index >= 15 is 0 Å². The minimum Gasteiger partial charge on any atom is -0.331 e. The van der Waals surface area contributed by atoms with Crippen LogP contribution in [0.2, 0.25) is 0 Å². The van der Waals surface area contributed by atoms with E-state index in [2.05, 4.69) is 0 Å². The maximum absolute atomic E-state index is 11.6. The number of carbonyl (C=O) groups excluding carboxylic acids is 2. The lowest BCUT2D eigenvalue weighted by Gasteiger charge is -2.21. The van der Waals surface area contributed by atoms with Crippen LogP contribution in [0.4, 0.5) is 0 Å². The molecule has 1 unspecified atom stereocenters. The second-order valence-electron chi connectivity index (χ2n) is 4.18. The first-order valence-electron chi connectivity index (χ1n) is 5.71. The van der Waals surface area contributed by atoms with Crippen LogP contribution >= 0.6 is 11.6 Å². The lowest BCUT2D eigenvalue weighted by atomic mass is 10.1. The van der Waals surface area contributed by atoms with E-state index in [1.165, 1.54) is 0 Å². The molecule has 1 saturated heterocycles. The number of benzene rings is 1. The minimum absolute atomic E-state index is 0.0277. The Hall–Kier alpha value is -1.35. The molecular formula is C13H14ClNO2. The third-order valence-corrected chi connectivity index (χ3v) is 3.33. The zero-order valence-electron chi connectivity index (χ0n) is 9.43. The van der Waals surface area contributed by atoms with E-state index in [-0.39, 0.29) is 5.91 Å². The molecule has 0 N–H and O–H groups in total. The minimum atomic E-state index is -0.427. The molecular weight excluding hydrogens is 238 g/mol. The largest absolute Gasteiger partial charge is 0.331 e. The van der Waals surface area contributed by atoms with Gasteiger partial charge in [0.25, 0.3) is 0 Å². The van der Waals surface area contributed by atoms with Crippen LogP contribution < -0.4 is 0 Å². The molecule has 0 bridgehead atoms. The molecule has 3 nitrogen and oxygen atoms in total. The molecule has 90 valence electrons. The Bertz CT molecular complexity index is 419. The summed E-state index contributed by atoms with van der Waals surface area (Å²) in [5, 5.41) is -0.427. The molecule has 1 aromatic rings. The van der Waals surface area contributed by atoms with Crippen molar-refractivity contribution in [2.75, 3.05) is 6.54 Å². The Kier molecular flexibility index (Phi) is 3.79. The highest BCUT2D eigenvalue weighted by Crippen LogP contribution is 2.21. The third-order valence-electron chi connectivity index (χ3n) is 3.07. The molecule has 1 aliphatic rings. The molecule has 1 aliphatic heterocycles. The molecule has 1 amide bonds. The van der Waals surface area contributed by atoms with Crippen LogP contribution in [0.1, 0.15) is 18.4 Å². The van der Waals surface area contributed by atoms with Crippen LogP contribution in [0.15, 0.2) is 30.3 Å². The summed E-state index contributed by atoms with van der Waals surface area (Å²) in [5.74, 6) is 0.0277. The van der Waals surface area contributed by atoms with Crippen LogP contribution in [0.25, 0.3) is 0 Å². The first-order valence-corrected chi connectivity index (χ1v) is 6.09. The van der Waals surface area contributed by atoms with Crippen molar-refractivity contribution >= 4 is 22.8 Å². The molecule has 4 heteroatoms. The number of nitrogens with zero attached hydrogens (tertiary/aromatic N) is 1. The third kappa shape index (κ3) is 2.86. The van der Waals surface area contributed by atoms with E-state index in [0.29, 0.717) is 19.4 Å². The number of amides is 1. The molecule has 0 aromatic heterocycles. The van der Waals surface area contributed by atoms with E-state index in [1.54, 1.807) is 4.90 Å². The van der Waals surface area contributed by atoms with Gasteiger partial charge in [-0.05, 0) is 30.0 Å². The predicted molar refractivity (Wildman–Crippen MR) is 65.7 cm³/mol. The summed E-state index contributed by atoms with van der Waals surface area (Å²) in [5.41, 5.74) is 1.16. The number of hydrogen-bond donors (Lipinski definition) is 0. The van der Waals surface area contributed by atoms with E-state index in [9.17, 15) is 9.59 Å². The van der Waals surface area contributed by atoms with Crippen molar-refractivity contribution in [1.82, 2.24) is 4.90 Å². The van der Waals surface area contributed by atoms with Gasteiger partial charge in [-0.15, -0.1) is 0 Å². The smallest absolute Gasteiger partial charge is 0.244 e. The second-order valence-corrected chi connectivity index (χ2v) is 4.55. The van der Waals surface area contributed by atoms with Crippen molar-refractivity contribution in [3.05, 3.63) is 35.9 Å². The molecule has 1 atom stereocenters. The molecule has 1 aromatic carbocycles. The highest BCUT2D eigenvalue weighted by molar-refractivity contribution is 6.65. The van der Waals surface area contributed by atoms with E-state index in [1.807, 2.05) is 30.3 Å². The van der Waals surface area contributed by atoms with E-state index < -0.39 is 11.3 Å². The van der Waals surface area contributed by atoms with Crippen LogP contribution in [0.3, 0.4) is 0 Å². The molecule has 17 heavy (non-hydrogen) atoms. The quantitative estimate of drug-likeness (QED) is 0.768. The Morgan fingerprint density at radius 2 is 2.06 bits per heavy atom. The summed E-state index contributed by atoms with van der Waals surface area (Å²) in [7, 11) is 0. The molecule has 1 fully saturated rings. The zero-order chi connectivity index (χ0) is 12.3. The van der Waals surface area contributed by atoms with Crippen LogP contribution in [-0.4, -0.2) is 28.6 Å². The summed E-state index contributed by atoms with van der Waals surface area (Å²) in [6, 6.07) is 9.48. The highest BCUT2D eigenvalue weighted by atomic mass is 35.5. The van der Waals surface area contributed by atoms with E-state index in [4.69, 9.17) is 11.6 Å². The standard InChI is InChI=1S/C13H14ClNO2/c14-13(17)11-6-7-12(16)15(11)9-8-10-4-2-1-3-5-10/h1-5,11H,6-9H2. The average molecular weight is 252 g/mol. The van der Waals surface area contributed by atoms with Gasteiger partial charge < -0.3 is 4.90 Å². The topological polar surface area (TPSA) is 37.4 Å². The fourth-order valence-electron chi connectivity index (χ4n) is 2.14. The Morgan fingerprint density at radius 3 is 2.71 bits per heavy atom. The molecule has 0 saturated carbocycles. The zero-order valence-corrected chi connectivity index (χ0v) is 10.2. The SMILES string of the molecule is O=C(Cl)C1CCC(=O)N1CCc1ccccc1. The highest BCUT2D eigenvalue weighted by Gasteiger charge is 2.34. The van der Waals surface area contributed by atoms with E-state index in [0.717, 1.165) is 12.0 Å². The van der Waals surface area contributed by atoms with Crippen molar-refractivity contribution < 1.29 is 9.59 Å². The Labute approximate surface area is 105 Å². The summed E-state index contributed by atoms with van der Waals surface area (Å²) >= 11 is 5.49. The fourth-order valence-corrected chi connectivity index (χ4v) is 2.37. The molecule has 0 spiro atoms. The van der Waals surface area contributed by atoms with Gasteiger partial charge in [0.05, 0.1) is 0 Å². The number of hydrogen-bond acceptors (Lipinski definition) is 2. The predicted octanol–water partition coefficient (Wildman–Crippen LogP) is 1.99. The van der Waals surface area contributed by atoms with Gasteiger partial charge in [0, 0.05) is 13.0 Å². The summed E-state index contributed by atoms with van der Waals surface area (Å²) < 4.78 is 0.